The van der Waals surface area contributed by atoms with Crippen LogP contribution in [-0.4, -0.2) is 43.1 Å². The van der Waals surface area contributed by atoms with Gasteiger partial charge < -0.3 is 15.5 Å². The van der Waals surface area contributed by atoms with Crippen LogP contribution in [0.4, 0.5) is 0 Å². The molecule has 2 aliphatic rings. The SMILES string of the molecule is CN=C(NCc1ccc(C#N)cc1)NC1CCN(C2CCCC2)CC1. The third kappa shape index (κ3) is 4.96. The molecule has 2 N–H and O–H groups in total. The average Bonchev–Trinajstić information content (AvgIpc) is 3.21. The molecule has 0 amide bonds. The molecule has 0 radical (unpaired) electrons. The van der Waals surface area contributed by atoms with E-state index in [2.05, 4.69) is 26.6 Å². The lowest BCUT2D eigenvalue weighted by Gasteiger charge is -2.36. The van der Waals surface area contributed by atoms with Crippen molar-refractivity contribution in [3.8, 4) is 6.07 Å². The minimum absolute atomic E-state index is 0.504. The van der Waals surface area contributed by atoms with Gasteiger partial charge in [0.05, 0.1) is 11.6 Å². The number of hydrogen-bond acceptors (Lipinski definition) is 3. The van der Waals surface area contributed by atoms with Crippen molar-refractivity contribution in [3.63, 3.8) is 0 Å². The summed E-state index contributed by atoms with van der Waals surface area (Å²) in [5, 5.41) is 15.8. The predicted octanol–water partition coefficient (Wildman–Crippen LogP) is 2.63. The van der Waals surface area contributed by atoms with E-state index in [4.69, 9.17) is 5.26 Å². The summed E-state index contributed by atoms with van der Waals surface area (Å²) in [7, 11) is 1.82. The van der Waals surface area contributed by atoms with Gasteiger partial charge in [0.2, 0.25) is 0 Å². The van der Waals surface area contributed by atoms with Crippen LogP contribution in [0.25, 0.3) is 0 Å². The summed E-state index contributed by atoms with van der Waals surface area (Å²) in [4.78, 5) is 7.05. The molecule has 1 saturated heterocycles. The molecule has 0 bridgehead atoms. The van der Waals surface area contributed by atoms with Gasteiger partial charge in [-0.1, -0.05) is 25.0 Å². The number of piperidine rings is 1. The van der Waals surface area contributed by atoms with Crippen LogP contribution in [0.1, 0.15) is 49.7 Å². The number of aliphatic imine (C=N–C) groups is 1. The van der Waals surface area contributed by atoms with Crippen LogP contribution in [0.15, 0.2) is 29.3 Å². The number of hydrogen-bond donors (Lipinski definition) is 2. The largest absolute Gasteiger partial charge is 0.354 e. The van der Waals surface area contributed by atoms with Gasteiger partial charge in [0.25, 0.3) is 0 Å². The molecule has 1 heterocycles. The zero-order chi connectivity index (χ0) is 17.5. The van der Waals surface area contributed by atoms with Gasteiger partial charge in [-0.05, 0) is 43.4 Å². The van der Waals surface area contributed by atoms with Crippen LogP contribution < -0.4 is 10.6 Å². The maximum atomic E-state index is 8.86. The number of benzene rings is 1. The maximum Gasteiger partial charge on any atom is 0.191 e. The molecule has 0 aromatic heterocycles. The fourth-order valence-electron chi connectivity index (χ4n) is 3.95. The van der Waals surface area contributed by atoms with E-state index in [1.807, 2.05) is 31.3 Å². The third-order valence-corrected chi connectivity index (χ3v) is 5.48. The highest BCUT2D eigenvalue weighted by Gasteiger charge is 2.27. The fraction of sp³-hybridized carbons (Fsp3) is 0.600. The Morgan fingerprint density at radius 2 is 1.84 bits per heavy atom. The van der Waals surface area contributed by atoms with Crippen LogP contribution in [0.5, 0.6) is 0 Å². The number of rotatable bonds is 4. The first-order chi connectivity index (χ1) is 12.3. The number of nitrogens with one attached hydrogen (secondary N) is 2. The van der Waals surface area contributed by atoms with Gasteiger partial charge in [-0.2, -0.15) is 5.26 Å². The van der Waals surface area contributed by atoms with Crippen molar-refractivity contribution < 1.29 is 0 Å². The molecular weight excluding hydrogens is 310 g/mol. The zero-order valence-electron chi connectivity index (χ0n) is 15.2. The Bertz CT molecular complexity index is 602. The molecule has 25 heavy (non-hydrogen) atoms. The highest BCUT2D eigenvalue weighted by Crippen LogP contribution is 2.26. The van der Waals surface area contributed by atoms with Crippen molar-refractivity contribution in [2.24, 2.45) is 4.99 Å². The van der Waals surface area contributed by atoms with Gasteiger partial charge in [-0.15, -0.1) is 0 Å². The lowest BCUT2D eigenvalue weighted by Crippen LogP contribution is -2.50. The monoisotopic (exact) mass is 339 g/mol. The molecule has 5 nitrogen and oxygen atoms in total. The first-order valence-corrected chi connectivity index (χ1v) is 9.49. The molecule has 1 saturated carbocycles. The Hall–Kier alpha value is -2.06. The molecule has 1 aromatic rings. The summed E-state index contributed by atoms with van der Waals surface area (Å²) in [6, 6.07) is 11.2. The van der Waals surface area contributed by atoms with Crippen LogP contribution >= 0.6 is 0 Å². The predicted molar refractivity (Wildman–Crippen MR) is 101 cm³/mol. The Balaban J connectivity index is 1.42. The Morgan fingerprint density at radius 3 is 2.44 bits per heavy atom. The van der Waals surface area contributed by atoms with Gasteiger partial charge in [0, 0.05) is 38.8 Å². The smallest absolute Gasteiger partial charge is 0.191 e. The Labute approximate surface area is 151 Å². The highest BCUT2D eigenvalue weighted by molar-refractivity contribution is 5.79. The van der Waals surface area contributed by atoms with E-state index in [1.54, 1.807) is 0 Å². The van der Waals surface area contributed by atoms with Crippen LogP contribution in [-0.2, 0) is 6.54 Å². The summed E-state index contributed by atoms with van der Waals surface area (Å²) >= 11 is 0. The lowest BCUT2D eigenvalue weighted by molar-refractivity contribution is 0.150. The van der Waals surface area contributed by atoms with E-state index in [1.165, 1.54) is 51.6 Å². The number of guanidine groups is 1. The quantitative estimate of drug-likeness (QED) is 0.654. The molecule has 3 rings (SSSR count). The third-order valence-electron chi connectivity index (χ3n) is 5.48. The molecule has 0 atom stereocenters. The maximum absolute atomic E-state index is 8.86. The Morgan fingerprint density at radius 1 is 1.16 bits per heavy atom. The molecule has 134 valence electrons. The second-order valence-corrected chi connectivity index (χ2v) is 7.13. The molecule has 5 heteroatoms. The molecule has 1 aliphatic carbocycles. The van der Waals surface area contributed by atoms with Crippen molar-refractivity contribution in [1.82, 2.24) is 15.5 Å². The van der Waals surface area contributed by atoms with Crippen molar-refractivity contribution in [1.29, 1.82) is 5.26 Å². The zero-order valence-corrected chi connectivity index (χ0v) is 15.2. The number of likely N-dealkylation sites (tertiary alicyclic amines) is 1. The van der Waals surface area contributed by atoms with Gasteiger partial charge in [-0.3, -0.25) is 4.99 Å². The number of nitriles is 1. The van der Waals surface area contributed by atoms with Crippen LogP contribution in [0.3, 0.4) is 0 Å². The highest BCUT2D eigenvalue weighted by atomic mass is 15.2. The van der Waals surface area contributed by atoms with E-state index < -0.39 is 0 Å². The van der Waals surface area contributed by atoms with Crippen molar-refractivity contribution in [2.45, 2.75) is 57.2 Å². The minimum atomic E-state index is 0.504. The van der Waals surface area contributed by atoms with Crippen molar-refractivity contribution in [3.05, 3.63) is 35.4 Å². The van der Waals surface area contributed by atoms with Gasteiger partial charge in [0.15, 0.2) is 5.96 Å². The standard InChI is InChI=1S/C20H29N5/c1-22-20(23-15-17-8-6-16(14-21)7-9-17)24-18-10-12-25(13-11-18)19-4-2-3-5-19/h6-9,18-19H,2-5,10-13,15H2,1H3,(H2,22,23,24). The van der Waals surface area contributed by atoms with Crippen molar-refractivity contribution in [2.75, 3.05) is 20.1 Å². The van der Waals surface area contributed by atoms with Gasteiger partial charge in [0.1, 0.15) is 0 Å². The minimum Gasteiger partial charge on any atom is -0.354 e. The molecule has 2 fully saturated rings. The second kappa shape index (κ2) is 8.87. The number of nitrogens with zero attached hydrogens (tertiary/aromatic N) is 3. The molecule has 0 unspecified atom stereocenters. The van der Waals surface area contributed by atoms with E-state index in [9.17, 15) is 0 Å². The molecule has 0 spiro atoms. The average molecular weight is 339 g/mol. The normalized spacial score (nSPS) is 20.4. The van der Waals surface area contributed by atoms with E-state index in [0.717, 1.165) is 17.6 Å². The molecular formula is C20H29N5. The van der Waals surface area contributed by atoms with Crippen molar-refractivity contribution >= 4 is 5.96 Å². The topological polar surface area (TPSA) is 63.5 Å². The van der Waals surface area contributed by atoms with Gasteiger partial charge in [-0.25, -0.2) is 0 Å². The Kier molecular flexibility index (Phi) is 6.30. The molecule has 1 aromatic carbocycles. The summed E-state index contributed by atoms with van der Waals surface area (Å²) in [6.45, 7) is 3.12. The summed E-state index contributed by atoms with van der Waals surface area (Å²) in [6.07, 6.45) is 7.99. The summed E-state index contributed by atoms with van der Waals surface area (Å²) in [5.74, 6) is 0.865. The van der Waals surface area contributed by atoms with E-state index in [0.29, 0.717) is 18.2 Å². The van der Waals surface area contributed by atoms with Crippen LogP contribution in [0, 0.1) is 11.3 Å². The lowest BCUT2D eigenvalue weighted by atomic mass is 10.0. The summed E-state index contributed by atoms with van der Waals surface area (Å²) < 4.78 is 0. The van der Waals surface area contributed by atoms with Crippen LogP contribution in [0.2, 0.25) is 0 Å². The first-order valence-electron chi connectivity index (χ1n) is 9.49. The first kappa shape index (κ1) is 17.8. The fourth-order valence-corrected chi connectivity index (χ4v) is 3.95. The van der Waals surface area contributed by atoms with E-state index in [-0.39, 0.29) is 0 Å². The molecule has 1 aliphatic heterocycles. The van der Waals surface area contributed by atoms with Gasteiger partial charge >= 0.3 is 0 Å². The second-order valence-electron chi connectivity index (χ2n) is 7.13. The van der Waals surface area contributed by atoms with E-state index >= 15 is 0 Å². The summed E-state index contributed by atoms with van der Waals surface area (Å²) in [5.41, 5.74) is 1.85.